The first kappa shape index (κ1) is 14.3. The zero-order chi connectivity index (χ0) is 14.7. The third-order valence-corrected chi connectivity index (χ3v) is 4.12. The summed E-state index contributed by atoms with van der Waals surface area (Å²) in [5.41, 5.74) is 0.132. The van der Waals surface area contributed by atoms with Crippen molar-refractivity contribution in [2.75, 3.05) is 48.4 Å². The van der Waals surface area contributed by atoms with E-state index in [4.69, 9.17) is 4.74 Å². The van der Waals surface area contributed by atoms with Crippen molar-refractivity contribution in [2.24, 2.45) is 0 Å². The SMILES string of the molecule is CCNc1nc(NC2(C)CCC2)nc(N2CCOCC2)n1. The number of hydrogen-bond acceptors (Lipinski definition) is 7. The average molecular weight is 292 g/mol. The first-order valence-corrected chi connectivity index (χ1v) is 7.79. The maximum Gasteiger partial charge on any atom is 0.232 e. The van der Waals surface area contributed by atoms with Crippen molar-refractivity contribution in [3.8, 4) is 0 Å². The Bertz CT molecular complexity index is 484. The Hall–Kier alpha value is -1.63. The van der Waals surface area contributed by atoms with Gasteiger partial charge in [0.2, 0.25) is 17.8 Å². The van der Waals surface area contributed by atoms with Crippen molar-refractivity contribution >= 4 is 17.8 Å². The van der Waals surface area contributed by atoms with E-state index in [1.165, 1.54) is 19.3 Å². The Labute approximate surface area is 125 Å². The van der Waals surface area contributed by atoms with Crippen molar-refractivity contribution < 1.29 is 4.74 Å². The Morgan fingerprint density at radius 2 is 1.86 bits per heavy atom. The van der Waals surface area contributed by atoms with Gasteiger partial charge in [-0.05, 0) is 33.1 Å². The second-order valence-corrected chi connectivity index (χ2v) is 5.95. The van der Waals surface area contributed by atoms with E-state index in [1.54, 1.807) is 0 Å². The summed E-state index contributed by atoms with van der Waals surface area (Å²) in [6.07, 6.45) is 3.61. The summed E-state index contributed by atoms with van der Waals surface area (Å²) in [5, 5.41) is 6.66. The zero-order valence-electron chi connectivity index (χ0n) is 12.9. The largest absolute Gasteiger partial charge is 0.378 e. The van der Waals surface area contributed by atoms with Crippen LogP contribution in [0.2, 0.25) is 0 Å². The van der Waals surface area contributed by atoms with Gasteiger partial charge < -0.3 is 20.3 Å². The average Bonchev–Trinajstić information content (AvgIpc) is 2.47. The molecule has 2 fully saturated rings. The molecule has 116 valence electrons. The number of morpholine rings is 1. The molecule has 1 saturated carbocycles. The van der Waals surface area contributed by atoms with E-state index < -0.39 is 0 Å². The third-order valence-electron chi connectivity index (χ3n) is 4.12. The lowest BCUT2D eigenvalue weighted by Crippen LogP contribution is -2.42. The predicted molar refractivity (Wildman–Crippen MR) is 82.9 cm³/mol. The lowest BCUT2D eigenvalue weighted by Gasteiger charge is -2.39. The molecule has 21 heavy (non-hydrogen) atoms. The van der Waals surface area contributed by atoms with Crippen LogP contribution >= 0.6 is 0 Å². The monoisotopic (exact) mass is 292 g/mol. The Morgan fingerprint density at radius 3 is 2.48 bits per heavy atom. The van der Waals surface area contributed by atoms with E-state index in [9.17, 15) is 0 Å². The first-order valence-electron chi connectivity index (χ1n) is 7.79. The van der Waals surface area contributed by atoms with Gasteiger partial charge in [-0.2, -0.15) is 15.0 Å². The quantitative estimate of drug-likeness (QED) is 0.851. The maximum absolute atomic E-state index is 5.39. The van der Waals surface area contributed by atoms with Crippen LogP contribution < -0.4 is 15.5 Å². The minimum Gasteiger partial charge on any atom is -0.378 e. The van der Waals surface area contributed by atoms with Crippen LogP contribution in [-0.2, 0) is 4.74 Å². The van der Waals surface area contributed by atoms with Crippen molar-refractivity contribution in [1.82, 2.24) is 15.0 Å². The molecular weight excluding hydrogens is 268 g/mol. The summed E-state index contributed by atoms with van der Waals surface area (Å²) in [5.74, 6) is 2.04. The maximum atomic E-state index is 5.39. The van der Waals surface area contributed by atoms with Crippen LogP contribution in [0.25, 0.3) is 0 Å². The van der Waals surface area contributed by atoms with Crippen LogP contribution in [0.15, 0.2) is 0 Å². The summed E-state index contributed by atoms with van der Waals surface area (Å²) < 4.78 is 5.39. The standard InChI is InChI=1S/C14H24N6O/c1-3-15-11-16-12(19-14(2)5-4-6-14)18-13(17-11)20-7-9-21-10-8-20/h3-10H2,1-2H3,(H2,15,16,17,18,19). The highest BCUT2D eigenvalue weighted by molar-refractivity contribution is 5.45. The van der Waals surface area contributed by atoms with Gasteiger partial charge in [0.05, 0.1) is 13.2 Å². The lowest BCUT2D eigenvalue weighted by molar-refractivity contribution is 0.122. The molecule has 2 N–H and O–H groups in total. The van der Waals surface area contributed by atoms with Gasteiger partial charge >= 0.3 is 0 Å². The number of hydrogen-bond donors (Lipinski definition) is 2. The molecule has 1 aliphatic heterocycles. The van der Waals surface area contributed by atoms with E-state index in [0.29, 0.717) is 11.9 Å². The van der Waals surface area contributed by atoms with Gasteiger partial charge in [-0.25, -0.2) is 0 Å². The second kappa shape index (κ2) is 6.01. The third kappa shape index (κ3) is 3.34. The number of aromatic nitrogens is 3. The van der Waals surface area contributed by atoms with E-state index >= 15 is 0 Å². The molecule has 0 spiro atoms. The number of rotatable bonds is 5. The molecule has 0 aromatic carbocycles. The minimum atomic E-state index is 0.132. The van der Waals surface area contributed by atoms with Gasteiger partial charge in [0.15, 0.2) is 0 Å². The topological polar surface area (TPSA) is 75.2 Å². The minimum absolute atomic E-state index is 0.132. The van der Waals surface area contributed by atoms with Crippen LogP contribution in [0.3, 0.4) is 0 Å². The van der Waals surface area contributed by atoms with Crippen LogP contribution in [-0.4, -0.2) is 53.3 Å². The summed E-state index contributed by atoms with van der Waals surface area (Å²) in [4.78, 5) is 15.8. The highest BCUT2D eigenvalue weighted by Gasteiger charge is 2.32. The Balaban J connectivity index is 1.82. The van der Waals surface area contributed by atoms with Gasteiger partial charge in [0.25, 0.3) is 0 Å². The highest BCUT2D eigenvalue weighted by atomic mass is 16.5. The van der Waals surface area contributed by atoms with Gasteiger partial charge in [-0.15, -0.1) is 0 Å². The summed E-state index contributed by atoms with van der Waals surface area (Å²) in [7, 11) is 0. The molecule has 0 atom stereocenters. The van der Waals surface area contributed by atoms with Gasteiger partial charge in [0, 0.05) is 25.2 Å². The van der Waals surface area contributed by atoms with Gasteiger partial charge in [-0.3, -0.25) is 0 Å². The molecule has 7 nitrogen and oxygen atoms in total. The summed E-state index contributed by atoms with van der Waals surface area (Å²) in [6.45, 7) is 8.16. The summed E-state index contributed by atoms with van der Waals surface area (Å²) in [6, 6.07) is 0. The molecule has 1 aromatic rings. The van der Waals surface area contributed by atoms with Gasteiger partial charge in [-0.1, -0.05) is 0 Å². The van der Waals surface area contributed by atoms with E-state index in [2.05, 4.69) is 37.4 Å². The molecule has 0 radical (unpaired) electrons. The number of anilines is 3. The molecule has 0 amide bonds. The number of nitrogens with zero attached hydrogens (tertiary/aromatic N) is 4. The van der Waals surface area contributed by atoms with Crippen molar-refractivity contribution in [3.05, 3.63) is 0 Å². The second-order valence-electron chi connectivity index (χ2n) is 5.95. The molecule has 1 aliphatic carbocycles. The van der Waals surface area contributed by atoms with E-state index in [0.717, 1.165) is 38.8 Å². The van der Waals surface area contributed by atoms with Crippen LogP contribution in [0, 0.1) is 0 Å². The van der Waals surface area contributed by atoms with Crippen LogP contribution in [0.1, 0.15) is 33.1 Å². The molecule has 1 saturated heterocycles. The molecular formula is C14H24N6O. The normalized spacial score (nSPS) is 20.8. The fourth-order valence-electron chi connectivity index (χ4n) is 2.66. The highest BCUT2D eigenvalue weighted by Crippen LogP contribution is 2.34. The lowest BCUT2D eigenvalue weighted by atomic mass is 9.79. The predicted octanol–water partition coefficient (Wildman–Crippen LogP) is 1.49. The fraction of sp³-hybridized carbons (Fsp3) is 0.786. The molecule has 2 heterocycles. The van der Waals surface area contributed by atoms with Crippen LogP contribution in [0.4, 0.5) is 17.8 Å². The smallest absolute Gasteiger partial charge is 0.232 e. The van der Waals surface area contributed by atoms with Crippen molar-refractivity contribution in [2.45, 2.75) is 38.6 Å². The molecule has 2 aliphatic rings. The number of nitrogens with one attached hydrogen (secondary N) is 2. The Morgan fingerprint density at radius 1 is 1.14 bits per heavy atom. The van der Waals surface area contributed by atoms with Gasteiger partial charge in [0.1, 0.15) is 0 Å². The number of ether oxygens (including phenoxy) is 1. The van der Waals surface area contributed by atoms with Crippen molar-refractivity contribution in [3.63, 3.8) is 0 Å². The van der Waals surface area contributed by atoms with Crippen molar-refractivity contribution in [1.29, 1.82) is 0 Å². The summed E-state index contributed by atoms with van der Waals surface area (Å²) >= 11 is 0. The molecule has 1 aromatic heterocycles. The molecule has 0 bridgehead atoms. The zero-order valence-corrected chi connectivity index (χ0v) is 12.9. The fourth-order valence-corrected chi connectivity index (χ4v) is 2.66. The Kier molecular flexibility index (Phi) is 4.10. The first-order chi connectivity index (χ1) is 10.2. The van der Waals surface area contributed by atoms with E-state index in [1.807, 2.05) is 6.92 Å². The van der Waals surface area contributed by atoms with E-state index in [-0.39, 0.29) is 5.54 Å². The molecule has 3 rings (SSSR count). The molecule has 7 heteroatoms. The van der Waals surface area contributed by atoms with Crippen LogP contribution in [0.5, 0.6) is 0 Å². The molecule has 0 unspecified atom stereocenters.